The molecule has 2 aliphatic rings. The molecule has 1 aromatic carbocycles. The van der Waals surface area contributed by atoms with Gasteiger partial charge in [-0.25, -0.2) is 0 Å². The second-order valence-corrected chi connectivity index (χ2v) is 6.11. The van der Waals surface area contributed by atoms with Gasteiger partial charge in [-0.1, -0.05) is 12.2 Å². The molecule has 0 bridgehead atoms. The van der Waals surface area contributed by atoms with Gasteiger partial charge in [0, 0.05) is 0 Å². The number of ether oxygens (including phenoxy) is 1. The monoisotopic (exact) mass is 359 g/mol. The van der Waals surface area contributed by atoms with Crippen LogP contribution < -0.4 is 10.1 Å². The molecule has 0 radical (unpaired) electrons. The maximum absolute atomic E-state index is 12.4. The molecule has 9 heteroatoms. The van der Waals surface area contributed by atoms with Crippen molar-refractivity contribution in [3.63, 3.8) is 0 Å². The number of hydrogen-bond donors (Lipinski definition) is 1. The zero-order valence-corrected chi connectivity index (χ0v) is 14.0. The number of benzene rings is 1. The normalized spacial score (nSPS) is 21.5. The van der Waals surface area contributed by atoms with Gasteiger partial charge in [0.1, 0.15) is 18.0 Å². The Morgan fingerprint density at radius 3 is 2.42 bits per heavy atom. The van der Waals surface area contributed by atoms with Crippen LogP contribution in [0, 0.1) is 22.0 Å². The summed E-state index contributed by atoms with van der Waals surface area (Å²) in [6.45, 7) is -0.464. The van der Waals surface area contributed by atoms with Gasteiger partial charge in [-0.15, -0.1) is 0 Å². The van der Waals surface area contributed by atoms with Crippen molar-refractivity contribution in [3.05, 3.63) is 40.5 Å². The van der Waals surface area contributed by atoms with E-state index in [0.29, 0.717) is 12.8 Å². The van der Waals surface area contributed by atoms with Crippen LogP contribution >= 0.6 is 0 Å². The quantitative estimate of drug-likeness (QED) is 0.368. The highest BCUT2D eigenvalue weighted by molar-refractivity contribution is 6.09. The summed E-state index contributed by atoms with van der Waals surface area (Å²) in [6, 6.07) is 3.99. The van der Waals surface area contributed by atoms with Crippen molar-refractivity contribution in [2.45, 2.75) is 12.8 Å². The molecular weight excluding hydrogens is 342 g/mol. The Balaban J connectivity index is 1.73. The van der Waals surface area contributed by atoms with Crippen molar-refractivity contribution in [3.8, 4) is 5.75 Å². The fraction of sp³-hybridized carbons (Fsp3) is 0.353. The summed E-state index contributed by atoms with van der Waals surface area (Å²) < 4.78 is 4.93. The lowest BCUT2D eigenvalue weighted by Crippen LogP contribution is -2.38. The smallest absolute Gasteiger partial charge is 0.296 e. The molecule has 3 rings (SSSR count). The van der Waals surface area contributed by atoms with E-state index in [0.717, 1.165) is 4.90 Å². The molecule has 136 valence electrons. The number of anilines is 1. The van der Waals surface area contributed by atoms with E-state index in [2.05, 4.69) is 5.32 Å². The highest BCUT2D eigenvalue weighted by Crippen LogP contribution is 2.35. The Labute approximate surface area is 148 Å². The van der Waals surface area contributed by atoms with Crippen LogP contribution in [0.3, 0.4) is 0 Å². The lowest BCUT2D eigenvalue weighted by Gasteiger charge is -2.14. The molecular formula is C17H17N3O6. The third-order valence-corrected chi connectivity index (χ3v) is 4.58. The van der Waals surface area contributed by atoms with Crippen LogP contribution in [0.15, 0.2) is 30.4 Å². The van der Waals surface area contributed by atoms with Gasteiger partial charge < -0.3 is 10.1 Å². The molecule has 0 spiro atoms. The Kier molecular flexibility index (Phi) is 4.70. The number of nitro benzene ring substituents is 1. The largest absolute Gasteiger partial charge is 0.496 e. The summed E-state index contributed by atoms with van der Waals surface area (Å²) in [5.41, 5.74) is -0.367. The van der Waals surface area contributed by atoms with Gasteiger partial charge in [0.15, 0.2) is 0 Å². The summed E-state index contributed by atoms with van der Waals surface area (Å²) in [5, 5.41) is 13.6. The van der Waals surface area contributed by atoms with Crippen molar-refractivity contribution >= 4 is 29.1 Å². The second-order valence-electron chi connectivity index (χ2n) is 6.11. The number of nitro groups is 1. The molecule has 1 saturated heterocycles. The summed E-state index contributed by atoms with van der Waals surface area (Å²) in [6.07, 6.45) is 4.68. The zero-order chi connectivity index (χ0) is 18.8. The predicted molar refractivity (Wildman–Crippen MR) is 90.4 cm³/mol. The Bertz CT molecular complexity index is 793. The van der Waals surface area contributed by atoms with Crippen molar-refractivity contribution < 1.29 is 24.0 Å². The SMILES string of the molecule is COc1ccc(NC(=O)CN2C(=O)[C@H]3CC=CC[C@H]3C2=O)c([N+](=O)[O-])c1. The topological polar surface area (TPSA) is 119 Å². The van der Waals surface area contributed by atoms with Crippen LogP contribution in [-0.4, -0.2) is 41.2 Å². The summed E-state index contributed by atoms with van der Waals surface area (Å²) >= 11 is 0. The zero-order valence-electron chi connectivity index (χ0n) is 14.0. The van der Waals surface area contributed by atoms with Crippen LogP contribution in [-0.2, 0) is 14.4 Å². The molecule has 1 heterocycles. The third-order valence-electron chi connectivity index (χ3n) is 4.58. The number of allylic oxidation sites excluding steroid dienone is 2. The average Bonchev–Trinajstić information content (AvgIpc) is 2.87. The lowest BCUT2D eigenvalue weighted by molar-refractivity contribution is -0.384. The van der Waals surface area contributed by atoms with E-state index < -0.39 is 29.2 Å². The average molecular weight is 359 g/mol. The molecule has 0 unspecified atom stereocenters. The first-order valence-electron chi connectivity index (χ1n) is 8.05. The van der Waals surface area contributed by atoms with Gasteiger partial charge in [0.2, 0.25) is 17.7 Å². The van der Waals surface area contributed by atoms with Crippen LogP contribution in [0.4, 0.5) is 11.4 Å². The standard InChI is InChI=1S/C17H17N3O6/c1-26-10-6-7-13(14(8-10)20(24)25)18-15(21)9-19-16(22)11-4-2-3-5-12(11)17(19)23/h2-3,6-8,11-12H,4-5,9H2,1H3,(H,18,21)/t11-,12+. The Morgan fingerprint density at radius 1 is 1.27 bits per heavy atom. The highest BCUT2D eigenvalue weighted by atomic mass is 16.6. The van der Waals surface area contributed by atoms with E-state index in [4.69, 9.17) is 4.74 Å². The predicted octanol–water partition coefficient (Wildman–Crippen LogP) is 1.49. The van der Waals surface area contributed by atoms with Crippen LogP contribution in [0.25, 0.3) is 0 Å². The number of imide groups is 1. The van der Waals surface area contributed by atoms with E-state index in [1.54, 1.807) is 0 Å². The molecule has 3 amide bonds. The van der Waals surface area contributed by atoms with Crippen LogP contribution in [0.1, 0.15) is 12.8 Å². The minimum Gasteiger partial charge on any atom is -0.496 e. The van der Waals surface area contributed by atoms with Gasteiger partial charge >= 0.3 is 0 Å². The number of hydrogen-bond acceptors (Lipinski definition) is 6. The van der Waals surface area contributed by atoms with Gasteiger partial charge in [-0.2, -0.15) is 0 Å². The van der Waals surface area contributed by atoms with Crippen LogP contribution in [0.5, 0.6) is 5.75 Å². The maximum atomic E-state index is 12.4. The minimum atomic E-state index is -0.674. The minimum absolute atomic E-state index is 0.0287. The van der Waals surface area contributed by atoms with Crippen molar-refractivity contribution in [1.29, 1.82) is 0 Å². The molecule has 26 heavy (non-hydrogen) atoms. The Hall–Kier alpha value is -3.23. The molecule has 0 aromatic heterocycles. The van der Waals surface area contributed by atoms with Gasteiger partial charge in [0.05, 0.1) is 29.9 Å². The van der Waals surface area contributed by atoms with E-state index >= 15 is 0 Å². The number of likely N-dealkylation sites (tertiary alicyclic amines) is 1. The number of carbonyl (C=O) groups excluding carboxylic acids is 3. The molecule has 1 aliphatic carbocycles. The summed E-state index contributed by atoms with van der Waals surface area (Å²) in [5.74, 6) is -1.98. The number of nitrogens with zero attached hydrogens (tertiary/aromatic N) is 2. The fourth-order valence-corrected chi connectivity index (χ4v) is 3.25. The van der Waals surface area contributed by atoms with E-state index in [9.17, 15) is 24.5 Å². The van der Waals surface area contributed by atoms with Crippen molar-refractivity contribution in [2.24, 2.45) is 11.8 Å². The number of nitrogens with one attached hydrogen (secondary N) is 1. The first-order valence-corrected chi connectivity index (χ1v) is 8.05. The van der Waals surface area contributed by atoms with E-state index in [1.807, 2.05) is 12.2 Å². The number of fused-ring (bicyclic) bond motifs is 1. The number of rotatable bonds is 5. The van der Waals surface area contributed by atoms with Crippen LogP contribution in [0.2, 0.25) is 0 Å². The molecule has 1 N–H and O–H groups in total. The molecule has 9 nitrogen and oxygen atoms in total. The second kappa shape index (κ2) is 6.95. The van der Waals surface area contributed by atoms with E-state index in [-0.39, 0.29) is 28.9 Å². The summed E-state index contributed by atoms with van der Waals surface area (Å²) in [7, 11) is 1.37. The van der Waals surface area contributed by atoms with Gasteiger partial charge in [-0.05, 0) is 25.0 Å². The van der Waals surface area contributed by atoms with Gasteiger partial charge in [-0.3, -0.25) is 29.4 Å². The van der Waals surface area contributed by atoms with Gasteiger partial charge in [0.25, 0.3) is 5.69 Å². The Morgan fingerprint density at radius 2 is 1.88 bits per heavy atom. The molecule has 2 atom stereocenters. The first kappa shape index (κ1) is 17.6. The first-order chi connectivity index (χ1) is 12.4. The molecule has 1 fully saturated rings. The van der Waals surface area contributed by atoms with Crippen molar-refractivity contribution in [1.82, 2.24) is 4.90 Å². The molecule has 1 aromatic rings. The lowest BCUT2D eigenvalue weighted by atomic mass is 9.85. The highest BCUT2D eigenvalue weighted by Gasteiger charge is 2.47. The number of methoxy groups -OCH3 is 1. The maximum Gasteiger partial charge on any atom is 0.296 e. The van der Waals surface area contributed by atoms with E-state index in [1.165, 1.54) is 25.3 Å². The third kappa shape index (κ3) is 3.15. The number of carbonyl (C=O) groups is 3. The molecule has 1 aliphatic heterocycles. The fourth-order valence-electron chi connectivity index (χ4n) is 3.25. The van der Waals surface area contributed by atoms with Crippen molar-refractivity contribution in [2.75, 3.05) is 19.0 Å². The summed E-state index contributed by atoms with van der Waals surface area (Å²) in [4.78, 5) is 48.4. The molecule has 0 saturated carbocycles. The number of amides is 3.